The lowest BCUT2D eigenvalue weighted by Crippen LogP contribution is -2.54. The molecule has 3 saturated heterocycles. The number of carbonyl (C=O) groups excluding carboxylic acids is 1. The fourth-order valence-corrected chi connectivity index (χ4v) is 4.44. The lowest BCUT2D eigenvalue weighted by Gasteiger charge is -2.41. The van der Waals surface area contributed by atoms with Gasteiger partial charge >= 0.3 is 12.0 Å². The summed E-state index contributed by atoms with van der Waals surface area (Å²) in [6.07, 6.45) is 5.67. The second-order valence-corrected chi connectivity index (χ2v) is 6.68. The van der Waals surface area contributed by atoms with Crippen LogP contribution in [0.3, 0.4) is 0 Å². The number of hydrogen-bond acceptors (Lipinski definition) is 3. The molecule has 3 atom stereocenters. The lowest BCUT2D eigenvalue weighted by molar-refractivity contribution is -0.138. The molecule has 3 aliphatic heterocycles. The van der Waals surface area contributed by atoms with Gasteiger partial charge in [0, 0.05) is 25.0 Å². The number of carboxylic acid groups (broad SMARTS) is 1. The van der Waals surface area contributed by atoms with Crippen LogP contribution < -0.4 is 0 Å². The molecule has 6 heteroatoms. The number of aliphatic hydroxyl groups excluding tert-OH is 1. The number of urea groups is 1. The largest absolute Gasteiger partial charge is 0.481 e. The third-order valence-electron chi connectivity index (χ3n) is 5.35. The van der Waals surface area contributed by atoms with Gasteiger partial charge in [-0.05, 0) is 44.4 Å². The van der Waals surface area contributed by atoms with Crippen LogP contribution in [0, 0.1) is 5.92 Å². The summed E-state index contributed by atoms with van der Waals surface area (Å²) in [4.78, 5) is 27.5. The second-order valence-electron chi connectivity index (χ2n) is 6.68. The number of nitrogens with zero attached hydrogens (tertiary/aromatic N) is 2. The molecule has 0 aliphatic carbocycles. The van der Waals surface area contributed by atoms with Crippen molar-refractivity contribution in [3.63, 3.8) is 0 Å². The number of likely N-dealkylation sites (tertiary alicyclic amines) is 1. The first kappa shape index (κ1) is 14.6. The van der Waals surface area contributed by atoms with Crippen LogP contribution in [-0.4, -0.2) is 63.3 Å². The van der Waals surface area contributed by atoms with Gasteiger partial charge in [-0.3, -0.25) is 4.79 Å². The van der Waals surface area contributed by atoms with E-state index in [1.165, 1.54) is 0 Å². The third kappa shape index (κ3) is 2.73. The average molecular weight is 296 g/mol. The molecule has 0 aromatic carbocycles. The Morgan fingerprint density at radius 1 is 1.10 bits per heavy atom. The Bertz CT molecular complexity index is 414. The van der Waals surface area contributed by atoms with Gasteiger partial charge < -0.3 is 20.0 Å². The average Bonchev–Trinajstić information content (AvgIpc) is 3.00. The number of amides is 2. The molecule has 3 heterocycles. The first-order chi connectivity index (χ1) is 10.1. The van der Waals surface area contributed by atoms with Crippen LogP contribution in [-0.2, 0) is 4.79 Å². The van der Waals surface area contributed by atoms with Crippen LogP contribution in [0.25, 0.3) is 0 Å². The van der Waals surface area contributed by atoms with Gasteiger partial charge in [0.1, 0.15) is 0 Å². The van der Waals surface area contributed by atoms with Gasteiger partial charge in [-0.1, -0.05) is 0 Å². The Morgan fingerprint density at radius 3 is 2.33 bits per heavy atom. The number of carbonyl (C=O) groups is 2. The minimum absolute atomic E-state index is 0.0337. The standard InChI is InChI=1S/C15H24N2O4/c18-9-13-2-1-5-16(13)15(21)17-11-3-4-12(17)7-10(6-11)8-14(19)20/h10-13,18H,1-9H2,(H,19,20). The van der Waals surface area contributed by atoms with E-state index in [-0.39, 0.29) is 43.1 Å². The van der Waals surface area contributed by atoms with Gasteiger partial charge in [0.15, 0.2) is 0 Å². The molecule has 0 aromatic rings. The minimum atomic E-state index is -0.737. The maximum atomic E-state index is 12.8. The second kappa shape index (κ2) is 5.83. The molecule has 6 nitrogen and oxygen atoms in total. The van der Waals surface area contributed by atoms with Crippen molar-refractivity contribution in [3.05, 3.63) is 0 Å². The molecule has 118 valence electrons. The first-order valence-electron chi connectivity index (χ1n) is 8.01. The zero-order valence-electron chi connectivity index (χ0n) is 12.3. The van der Waals surface area contributed by atoms with E-state index in [0.717, 1.165) is 45.1 Å². The minimum Gasteiger partial charge on any atom is -0.481 e. The summed E-state index contributed by atoms with van der Waals surface area (Å²) in [7, 11) is 0. The van der Waals surface area contributed by atoms with E-state index in [9.17, 15) is 14.7 Å². The van der Waals surface area contributed by atoms with Crippen molar-refractivity contribution < 1.29 is 19.8 Å². The number of piperidine rings is 1. The summed E-state index contributed by atoms with van der Waals surface area (Å²) in [5, 5.41) is 18.4. The predicted octanol–water partition coefficient (Wildman–Crippen LogP) is 1.28. The number of hydrogen-bond donors (Lipinski definition) is 2. The number of rotatable bonds is 3. The van der Waals surface area contributed by atoms with E-state index in [1.54, 1.807) is 0 Å². The molecule has 3 unspecified atom stereocenters. The molecule has 3 rings (SSSR count). The van der Waals surface area contributed by atoms with Gasteiger partial charge in [0.2, 0.25) is 0 Å². The Kier molecular flexibility index (Phi) is 4.06. The lowest BCUT2D eigenvalue weighted by atomic mass is 9.88. The molecule has 2 bridgehead atoms. The van der Waals surface area contributed by atoms with Crippen molar-refractivity contribution in [2.75, 3.05) is 13.2 Å². The van der Waals surface area contributed by atoms with Crippen LogP contribution >= 0.6 is 0 Å². The van der Waals surface area contributed by atoms with Gasteiger partial charge in [0.05, 0.1) is 12.6 Å². The third-order valence-corrected chi connectivity index (χ3v) is 5.35. The van der Waals surface area contributed by atoms with E-state index in [0.29, 0.717) is 0 Å². The zero-order valence-corrected chi connectivity index (χ0v) is 12.3. The maximum absolute atomic E-state index is 12.8. The summed E-state index contributed by atoms with van der Waals surface area (Å²) >= 11 is 0. The summed E-state index contributed by atoms with van der Waals surface area (Å²) in [6.45, 7) is 0.773. The summed E-state index contributed by atoms with van der Waals surface area (Å²) in [5.41, 5.74) is 0. The van der Waals surface area contributed by atoms with Gasteiger partial charge in [-0.15, -0.1) is 0 Å². The SMILES string of the molecule is O=C(O)CC1CC2CCC(C1)N2C(=O)N1CCCC1CO. The van der Waals surface area contributed by atoms with E-state index >= 15 is 0 Å². The smallest absolute Gasteiger partial charge is 0.320 e. The molecule has 21 heavy (non-hydrogen) atoms. The first-order valence-corrected chi connectivity index (χ1v) is 8.01. The van der Waals surface area contributed by atoms with E-state index in [4.69, 9.17) is 5.11 Å². The Hall–Kier alpha value is -1.30. The van der Waals surface area contributed by atoms with Crippen molar-refractivity contribution in [1.29, 1.82) is 0 Å². The van der Waals surface area contributed by atoms with Crippen LogP contribution in [0.4, 0.5) is 4.79 Å². The number of fused-ring (bicyclic) bond motifs is 2. The van der Waals surface area contributed by atoms with Gasteiger partial charge in [-0.2, -0.15) is 0 Å². The molecule has 0 saturated carbocycles. The monoisotopic (exact) mass is 296 g/mol. The number of carboxylic acids is 1. The molecule has 2 amide bonds. The van der Waals surface area contributed by atoms with Crippen molar-refractivity contribution in [1.82, 2.24) is 9.80 Å². The maximum Gasteiger partial charge on any atom is 0.320 e. The number of aliphatic hydroxyl groups is 1. The summed E-state index contributed by atoms with van der Waals surface area (Å²) < 4.78 is 0. The van der Waals surface area contributed by atoms with E-state index in [1.807, 2.05) is 9.80 Å². The highest BCUT2D eigenvalue weighted by molar-refractivity contribution is 5.76. The Labute approximate surface area is 124 Å². The highest BCUT2D eigenvalue weighted by Gasteiger charge is 2.46. The molecule has 3 fully saturated rings. The summed E-state index contributed by atoms with van der Waals surface area (Å²) in [5.74, 6) is -0.532. The molecule has 2 N–H and O–H groups in total. The van der Waals surface area contributed by atoms with Crippen LogP contribution in [0.2, 0.25) is 0 Å². The zero-order chi connectivity index (χ0) is 15.0. The number of aliphatic carboxylic acids is 1. The molecule has 3 aliphatic rings. The quantitative estimate of drug-likeness (QED) is 0.822. The Balaban J connectivity index is 1.67. The highest BCUT2D eigenvalue weighted by Crippen LogP contribution is 2.41. The molecule has 0 radical (unpaired) electrons. The van der Waals surface area contributed by atoms with E-state index in [2.05, 4.69) is 0 Å². The summed E-state index contributed by atoms with van der Waals surface area (Å²) in [6, 6.07) is 0.419. The van der Waals surface area contributed by atoms with E-state index < -0.39 is 5.97 Å². The van der Waals surface area contributed by atoms with Crippen molar-refractivity contribution in [3.8, 4) is 0 Å². The van der Waals surface area contributed by atoms with Gasteiger partial charge in [-0.25, -0.2) is 4.79 Å². The molecule has 0 aromatic heterocycles. The van der Waals surface area contributed by atoms with Gasteiger partial charge in [0.25, 0.3) is 0 Å². The fraction of sp³-hybridized carbons (Fsp3) is 0.867. The molecular weight excluding hydrogens is 272 g/mol. The van der Waals surface area contributed by atoms with Crippen LogP contribution in [0.15, 0.2) is 0 Å². The van der Waals surface area contributed by atoms with Crippen molar-refractivity contribution in [2.45, 2.75) is 63.1 Å². The molecular formula is C15H24N2O4. The van der Waals surface area contributed by atoms with Crippen molar-refractivity contribution in [2.24, 2.45) is 5.92 Å². The molecule has 0 spiro atoms. The highest BCUT2D eigenvalue weighted by atomic mass is 16.4. The van der Waals surface area contributed by atoms with Crippen LogP contribution in [0.1, 0.15) is 44.9 Å². The van der Waals surface area contributed by atoms with Crippen LogP contribution in [0.5, 0.6) is 0 Å². The predicted molar refractivity (Wildman–Crippen MR) is 75.8 cm³/mol. The Morgan fingerprint density at radius 2 is 1.76 bits per heavy atom. The topological polar surface area (TPSA) is 81.1 Å². The fourth-order valence-electron chi connectivity index (χ4n) is 4.44. The van der Waals surface area contributed by atoms with Crippen molar-refractivity contribution >= 4 is 12.0 Å². The normalized spacial score (nSPS) is 35.3.